The van der Waals surface area contributed by atoms with Crippen LogP contribution in [0.4, 0.5) is 4.39 Å². The molecule has 25 heavy (non-hydrogen) atoms. The lowest BCUT2D eigenvalue weighted by atomic mass is 10.1. The smallest absolute Gasteiger partial charge is 0.244 e. The number of rotatable bonds is 5. The Balaban J connectivity index is 1.64. The predicted molar refractivity (Wildman–Crippen MR) is 91.3 cm³/mol. The molecule has 0 atom stereocenters. The largest absolute Gasteiger partial charge is 0.493 e. The molecule has 3 rings (SSSR count). The molecule has 2 aromatic rings. The predicted octanol–water partition coefficient (Wildman–Crippen LogP) is 2.94. The van der Waals surface area contributed by atoms with Crippen LogP contribution >= 0.6 is 0 Å². The molecule has 0 radical (unpaired) electrons. The van der Waals surface area contributed by atoms with E-state index in [2.05, 4.69) is 5.32 Å². The Hall–Kier alpha value is -3.02. The van der Waals surface area contributed by atoms with Crippen molar-refractivity contribution in [3.63, 3.8) is 0 Å². The Bertz CT molecular complexity index is 770. The van der Waals surface area contributed by atoms with Crippen LogP contribution in [0.1, 0.15) is 11.1 Å². The van der Waals surface area contributed by atoms with Gasteiger partial charge in [-0.1, -0.05) is 12.1 Å². The molecule has 5 nitrogen and oxygen atoms in total. The van der Waals surface area contributed by atoms with E-state index in [-0.39, 0.29) is 11.7 Å². The Morgan fingerprint density at radius 1 is 1.24 bits per heavy atom. The lowest BCUT2D eigenvalue weighted by Gasteiger charge is -2.20. The number of carbonyl (C=O) groups excluding carboxylic acids is 1. The highest BCUT2D eigenvalue weighted by molar-refractivity contribution is 5.91. The highest BCUT2D eigenvalue weighted by atomic mass is 19.1. The first-order chi connectivity index (χ1) is 12.2. The summed E-state index contributed by atoms with van der Waals surface area (Å²) in [5, 5.41) is 2.74. The summed E-state index contributed by atoms with van der Waals surface area (Å²) < 4.78 is 29.3. The Morgan fingerprint density at radius 2 is 2.00 bits per heavy atom. The van der Waals surface area contributed by atoms with E-state index in [1.165, 1.54) is 18.2 Å². The summed E-state index contributed by atoms with van der Waals surface area (Å²) in [6, 6.07) is 9.55. The average molecular weight is 343 g/mol. The fourth-order valence-electron chi connectivity index (χ4n) is 2.41. The van der Waals surface area contributed by atoms with Crippen molar-refractivity contribution in [2.75, 3.05) is 20.3 Å². The van der Waals surface area contributed by atoms with Gasteiger partial charge in [0.05, 0.1) is 7.11 Å². The topological polar surface area (TPSA) is 56.8 Å². The van der Waals surface area contributed by atoms with Crippen LogP contribution in [0.25, 0.3) is 6.08 Å². The fraction of sp³-hybridized carbons (Fsp3) is 0.211. The maximum Gasteiger partial charge on any atom is 0.244 e. The fourth-order valence-corrected chi connectivity index (χ4v) is 2.41. The van der Waals surface area contributed by atoms with Gasteiger partial charge in [-0.25, -0.2) is 4.39 Å². The van der Waals surface area contributed by atoms with Gasteiger partial charge in [0.1, 0.15) is 19.0 Å². The number of hydrogen-bond acceptors (Lipinski definition) is 4. The third-order valence-corrected chi connectivity index (χ3v) is 3.66. The summed E-state index contributed by atoms with van der Waals surface area (Å²) in [5.74, 6) is 1.17. The van der Waals surface area contributed by atoms with E-state index < -0.39 is 0 Å². The minimum absolute atomic E-state index is 0.252. The van der Waals surface area contributed by atoms with Crippen molar-refractivity contribution in [1.82, 2.24) is 5.32 Å². The summed E-state index contributed by atoms with van der Waals surface area (Å²) in [7, 11) is 1.55. The van der Waals surface area contributed by atoms with E-state index in [1.54, 1.807) is 37.5 Å². The third-order valence-electron chi connectivity index (χ3n) is 3.66. The number of amides is 1. The van der Waals surface area contributed by atoms with Crippen LogP contribution in [0.15, 0.2) is 42.5 Å². The molecule has 130 valence electrons. The van der Waals surface area contributed by atoms with Crippen molar-refractivity contribution in [3.8, 4) is 17.2 Å². The molecule has 2 aromatic carbocycles. The van der Waals surface area contributed by atoms with Gasteiger partial charge in [0, 0.05) is 12.6 Å². The summed E-state index contributed by atoms with van der Waals surface area (Å²) >= 11 is 0. The van der Waals surface area contributed by atoms with Crippen LogP contribution in [-0.2, 0) is 11.3 Å². The first-order valence-corrected chi connectivity index (χ1v) is 7.83. The number of hydrogen-bond donors (Lipinski definition) is 1. The Morgan fingerprint density at radius 3 is 2.76 bits per heavy atom. The summed E-state index contributed by atoms with van der Waals surface area (Å²) in [4.78, 5) is 11.9. The molecule has 0 aromatic heterocycles. The molecule has 1 N–H and O–H groups in total. The number of ether oxygens (including phenoxy) is 3. The first kappa shape index (κ1) is 16.8. The van der Waals surface area contributed by atoms with Gasteiger partial charge in [0.25, 0.3) is 0 Å². The molecule has 1 aliphatic rings. The lowest BCUT2D eigenvalue weighted by Crippen LogP contribution is -2.20. The number of methoxy groups -OCH3 is 1. The Kier molecular flexibility index (Phi) is 5.18. The molecule has 1 heterocycles. The second kappa shape index (κ2) is 7.70. The zero-order chi connectivity index (χ0) is 17.6. The second-order valence-corrected chi connectivity index (χ2v) is 5.42. The maximum absolute atomic E-state index is 12.8. The average Bonchev–Trinajstić information content (AvgIpc) is 2.65. The zero-order valence-electron chi connectivity index (χ0n) is 13.8. The van der Waals surface area contributed by atoms with Crippen LogP contribution in [0.3, 0.4) is 0 Å². The first-order valence-electron chi connectivity index (χ1n) is 7.83. The van der Waals surface area contributed by atoms with Gasteiger partial charge in [0.15, 0.2) is 11.5 Å². The monoisotopic (exact) mass is 343 g/mol. The van der Waals surface area contributed by atoms with Crippen molar-refractivity contribution in [2.24, 2.45) is 0 Å². The number of nitrogens with one attached hydrogen (secondary N) is 1. The maximum atomic E-state index is 12.8. The molecule has 0 aliphatic carbocycles. The highest BCUT2D eigenvalue weighted by Crippen LogP contribution is 2.40. The van der Waals surface area contributed by atoms with Crippen molar-refractivity contribution in [2.45, 2.75) is 6.54 Å². The van der Waals surface area contributed by atoms with E-state index in [9.17, 15) is 9.18 Å². The lowest BCUT2D eigenvalue weighted by molar-refractivity contribution is -0.116. The summed E-state index contributed by atoms with van der Waals surface area (Å²) in [5.41, 5.74) is 1.59. The van der Waals surface area contributed by atoms with Crippen molar-refractivity contribution in [3.05, 3.63) is 59.4 Å². The summed E-state index contributed by atoms with van der Waals surface area (Å²) in [6.45, 7) is 1.28. The van der Waals surface area contributed by atoms with E-state index >= 15 is 0 Å². The van der Waals surface area contributed by atoms with Crippen molar-refractivity contribution >= 4 is 12.0 Å². The van der Waals surface area contributed by atoms with E-state index in [0.29, 0.717) is 37.0 Å². The number of halogens is 1. The second-order valence-electron chi connectivity index (χ2n) is 5.42. The standard InChI is InChI=1S/C19H18FNO4/c1-23-16-10-14(11-17-19(16)25-9-8-24-17)4-7-18(22)21-12-13-2-5-15(20)6-3-13/h2-7,10-11H,8-9,12H2,1H3,(H,21,22)/b7-4+. The minimum Gasteiger partial charge on any atom is -0.493 e. The number of fused-ring (bicyclic) bond motifs is 1. The number of benzene rings is 2. The van der Waals surface area contributed by atoms with Gasteiger partial charge in [-0.05, 0) is 41.5 Å². The minimum atomic E-state index is -0.303. The van der Waals surface area contributed by atoms with Gasteiger partial charge in [0.2, 0.25) is 11.7 Å². The van der Waals surface area contributed by atoms with E-state index in [1.807, 2.05) is 0 Å². The molecule has 0 spiro atoms. The van der Waals surface area contributed by atoms with Gasteiger partial charge in [-0.3, -0.25) is 4.79 Å². The van der Waals surface area contributed by atoms with E-state index in [0.717, 1.165) is 11.1 Å². The van der Waals surface area contributed by atoms with Gasteiger partial charge < -0.3 is 19.5 Å². The molecule has 1 aliphatic heterocycles. The quantitative estimate of drug-likeness (QED) is 0.848. The summed E-state index contributed by atoms with van der Waals surface area (Å²) in [6.07, 6.45) is 3.09. The Labute approximate surface area is 145 Å². The van der Waals surface area contributed by atoms with Crippen molar-refractivity contribution in [1.29, 1.82) is 0 Å². The molecule has 0 bridgehead atoms. The number of carbonyl (C=O) groups is 1. The molecule has 0 saturated heterocycles. The van der Waals surface area contributed by atoms with Crippen LogP contribution in [-0.4, -0.2) is 26.2 Å². The molecule has 6 heteroatoms. The molecular weight excluding hydrogens is 325 g/mol. The molecule has 0 unspecified atom stereocenters. The van der Waals surface area contributed by atoms with Gasteiger partial charge in [-0.2, -0.15) is 0 Å². The van der Waals surface area contributed by atoms with Gasteiger partial charge in [-0.15, -0.1) is 0 Å². The van der Waals surface area contributed by atoms with E-state index in [4.69, 9.17) is 14.2 Å². The molecule has 1 amide bonds. The zero-order valence-corrected chi connectivity index (χ0v) is 13.8. The molecule has 0 saturated carbocycles. The van der Waals surface area contributed by atoms with Crippen LogP contribution in [0.2, 0.25) is 0 Å². The van der Waals surface area contributed by atoms with Crippen LogP contribution in [0.5, 0.6) is 17.2 Å². The molecular formula is C19H18FNO4. The van der Waals surface area contributed by atoms with Gasteiger partial charge >= 0.3 is 0 Å². The molecule has 0 fully saturated rings. The van der Waals surface area contributed by atoms with Crippen molar-refractivity contribution < 1.29 is 23.4 Å². The normalized spacial score (nSPS) is 12.9. The SMILES string of the molecule is COc1cc(/C=C/C(=O)NCc2ccc(F)cc2)cc2c1OCCO2. The highest BCUT2D eigenvalue weighted by Gasteiger charge is 2.17. The van der Waals surface area contributed by atoms with Crippen LogP contribution < -0.4 is 19.5 Å². The third kappa shape index (κ3) is 4.29. The van der Waals surface area contributed by atoms with Crippen LogP contribution in [0, 0.1) is 5.82 Å².